The number of nitriles is 1. The molecule has 1 aliphatic rings. The zero-order chi connectivity index (χ0) is 16.9. The summed E-state index contributed by atoms with van der Waals surface area (Å²) in [5.74, 6) is 0. The van der Waals surface area contributed by atoms with Crippen LogP contribution in [-0.2, 0) is 14.8 Å². The minimum absolute atomic E-state index is 0. The van der Waals surface area contributed by atoms with E-state index in [-0.39, 0.29) is 33.3 Å². The summed E-state index contributed by atoms with van der Waals surface area (Å²) in [5.41, 5.74) is -0.0691. The monoisotopic (exact) mass is 393 g/mol. The quantitative estimate of drug-likeness (QED) is 0.770. The molecule has 0 radical (unpaired) electrons. The van der Waals surface area contributed by atoms with Gasteiger partial charge in [-0.1, -0.05) is 11.6 Å². The Hall–Kier alpha value is -0.880. The van der Waals surface area contributed by atoms with E-state index in [1.165, 1.54) is 18.2 Å². The Morgan fingerprint density at radius 2 is 2.08 bits per heavy atom. The first kappa shape index (κ1) is 21.2. The van der Waals surface area contributed by atoms with Crippen LogP contribution in [0.25, 0.3) is 0 Å². The molecular weight excluding hydrogens is 373 g/mol. The molecule has 0 aliphatic carbocycles. The fourth-order valence-corrected chi connectivity index (χ4v) is 4.07. The average molecular weight is 394 g/mol. The van der Waals surface area contributed by atoms with Gasteiger partial charge in [-0.3, -0.25) is 0 Å². The first-order valence-corrected chi connectivity index (χ1v) is 9.18. The smallest absolute Gasteiger partial charge is 0.240 e. The molecule has 0 bridgehead atoms. The van der Waals surface area contributed by atoms with Gasteiger partial charge in [0.05, 0.1) is 22.1 Å². The third-order valence-electron chi connectivity index (χ3n) is 4.12. The van der Waals surface area contributed by atoms with E-state index >= 15 is 0 Å². The number of hydrogen-bond acceptors (Lipinski definition) is 5. The maximum Gasteiger partial charge on any atom is 0.240 e. The van der Waals surface area contributed by atoms with E-state index < -0.39 is 10.0 Å². The van der Waals surface area contributed by atoms with Gasteiger partial charge in [-0.05, 0) is 44.1 Å². The molecule has 2 N–H and O–H groups in total. The highest BCUT2D eigenvalue weighted by molar-refractivity contribution is 7.89. The number of sulfonamides is 1. The molecule has 0 spiro atoms. The van der Waals surface area contributed by atoms with Gasteiger partial charge < -0.3 is 10.1 Å². The molecule has 1 aromatic rings. The lowest BCUT2D eigenvalue weighted by Crippen LogP contribution is -2.47. The molecule has 0 unspecified atom stereocenters. The van der Waals surface area contributed by atoms with Gasteiger partial charge in [0.1, 0.15) is 6.07 Å². The van der Waals surface area contributed by atoms with Crippen LogP contribution in [0.15, 0.2) is 23.1 Å². The maximum atomic E-state index is 12.5. The zero-order valence-corrected chi connectivity index (χ0v) is 15.7. The van der Waals surface area contributed by atoms with E-state index in [4.69, 9.17) is 21.6 Å². The highest BCUT2D eigenvalue weighted by Crippen LogP contribution is 2.29. The van der Waals surface area contributed by atoms with Gasteiger partial charge in [0.15, 0.2) is 0 Å². The molecule has 0 saturated carbocycles. The second-order valence-electron chi connectivity index (χ2n) is 5.76. The van der Waals surface area contributed by atoms with E-state index in [0.29, 0.717) is 13.2 Å². The normalized spacial score (nSPS) is 16.9. The van der Waals surface area contributed by atoms with Gasteiger partial charge in [-0.2, -0.15) is 5.26 Å². The van der Waals surface area contributed by atoms with E-state index in [1.807, 2.05) is 6.07 Å². The first-order valence-electron chi connectivity index (χ1n) is 7.31. The number of hydrogen-bond donors (Lipinski definition) is 2. The van der Waals surface area contributed by atoms with Crippen LogP contribution in [0.1, 0.15) is 18.4 Å². The minimum Gasteiger partial charge on any atom is -0.384 e. The van der Waals surface area contributed by atoms with Crippen LogP contribution >= 0.6 is 24.0 Å². The van der Waals surface area contributed by atoms with Crippen molar-refractivity contribution in [2.24, 2.45) is 5.41 Å². The molecule has 1 saturated heterocycles. The van der Waals surface area contributed by atoms with E-state index in [1.54, 1.807) is 7.11 Å². The van der Waals surface area contributed by atoms with E-state index in [9.17, 15) is 8.42 Å². The fourth-order valence-electron chi connectivity index (χ4n) is 2.72. The van der Waals surface area contributed by atoms with Crippen molar-refractivity contribution in [2.75, 3.05) is 33.4 Å². The summed E-state index contributed by atoms with van der Waals surface area (Å²) in [6.07, 6.45) is 1.68. The molecule has 6 nitrogen and oxygen atoms in total. The van der Waals surface area contributed by atoms with Gasteiger partial charge in [0.25, 0.3) is 0 Å². The molecule has 1 aromatic carbocycles. The van der Waals surface area contributed by atoms with Gasteiger partial charge in [-0.25, -0.2) is 13.1 Å². The molecule has 1 fully saturated rings. The molecule has 1 heterocycles. The summed E-state index contributed by atoms with van der Waals surface area (Å²) in [6.45, 7) is 2.48. The van der Waals surface area contributed by atoms with E-state index in [2.05, 4.69) is 10.0 Å². The molecule has 2 rings (SSSR count). The zero-order valence-electron chi connectivity index (χ0n) is 13.3. The highest BCUT2D eigenvalue weighted by Gasteiger charge is 2.33. The average Bonchev–Trinajstić information content (AvgIpc) is 2.55. The Balaban J connectivity index is 0.00000288. The number of benzene rings is 1. The van der Waals surface area contributed by atoms with Crippen molar-refractivity contribution in [1.29, 1.82) is 5.26 Å². The summed E-state index contributed by atoms with van der Waals surface area (Å²) in [7, 11) is -2.08. The number of methoxy groups -OCH3 is 1. The third-order valence-corrected chi connectivity index (χ3v) is 5.85. The fraction of sp³-hybridized carbons (Fsp3) is 0.533. The molecular formula is C15H21Cl2N3O3S. The maximum absolute atomic E-state index is 12.5. The van der Waals surface area contributed by atoms with Crippen LogP contribution in [0, 0.1) is 16.7 Å². The van der Waals surface area contributed by atoms with Crippen LogP contribution in [0.2, 0.25) is 5.02 Å². The predicted molar refractivity (Wildman–Crippen MR) is 95.0 cm³/mol. The molecule has 134 valence electrons. The van der Waals surface area contributed by atoms with Crippen molar-refractivity contribution in [3.05, 3.63) is 28.8 Å². The molecule has 9 heteroatoms. The largest absolute Gasteiger partial charge is 0.384 e. The number of ether oxygens (including phenoxy) is 1. The summed E-state index contributed by atoms with van der Waals surface area (Å²) >= 11 is 5.85. The van der Waals surface area contributed by atoms with Gasteiger partial charge >= 0.3 is 0 Å². The lowest BCUT2D eigenvalue weighted by Gasteiger charge is -2.37. The van der Waals surface area contributed by atoms with Crippen LogP contribution in [0.4, 0.5) is 0 Å². The van der Waals surface area contributed by atoms with Gasteiger partial charge in [0, 0.05) is 19.1 Å². The van der Waals surface area contributed by atoms with E-state index in [0.717, 1.165) is 25.9 Å². The van der Waals surface area contributed by atoms with Gasteiger partial charge in [0.2, 0.25) is 10.0 Å². The second kappa shape index (κ2) is 8.99. The first-order chi connectivity index (χ1) is 10.9. The Morgan fingerprint density at radius 1 is 1.42 bits per heavy atom. The Labute approximate surface area is 154 Å². The van der Waals surface area contributed by atoms with Crippen LogP contribution < -0.4 is 10.0 Å². The van der Waals surface area contributed by atoms with Crippen molar-refractivity contribution in [2.45, 2.75) is 17.7 Å². The number of rotatable bonds is 6. The Bertz CT molecular complexity index is 693. The predicted octanol–water partition coefficient (Wildman–Crippen LogP) is 1.93. The Morgan fingerprint density at radius 3 is 2.67 bits per heavy atom. The number of nitrogens with zero attached hydrogens (tertiary/aromatic N) is 1. The van der Waals surface area contributed by atoms with Crippen LogP contribution in [0.3, 0.4) is 0 Å². The molecule has 0 aromatic heterocycles. The molecule has 24 heavy (non-hydrogen) atoms. The van der Waals surface area contributed by atoms with Crippen molar-refractivity contribution in [1.82, 2.24) is 10.0 Å². The van der Waals surface area contributed by atoms with Crippen molar-refractivity contribution in [3.63, 3.8) is 0 Å². The van der Waals surface area contributed by atoms with Crippen LogP contribution in [-0.4, -0.2) is 41.8 Å². The van der Waals surface area contributed by atoms with Crippen molar-refractivity contribution in [3.8, 4) is 6.07 Å². The third kappa shape index (κ3) is 5.06. The topological polar surface area (TPSA) is 91.2 Å². The lowest BCUT2D eigenvalue weighted by molar-refractivity contribution is 0.0577. The van der Waals surface area contributed by atoms with Gasteiger partial charge in [-0.15, -0.1) is 12.4 Å². The van der Waals surface area contributed by atoms with Crippen molar-refractivity contribution < 1.29 is 13.2 Å². The summed E-state index contributed by atoms with van der Waals surface area (Å²) in [4.78, 5) is 0.0416. The minimum atomic E-state index is -3.70. The standard InChI is InChI=1S/C15H20ClN3O3S.ClH/c1-22-11-15(4-6-18-7-5-15)10-19-23(20,21)13-2-3-14(16)12(8-13)9-17;/h2-3,8,18-19H,4-7,10-11H2,1H3;1H. The van der Waals surface area contributed by atoms with Crippen molar-refractivity contribution >= 4 is 34.0 Å². The number of piperidine rings is 1. The summed E-state index contributed by atoms with van der Waals surface area (Å²) in [6, 6.07) is 6.00. The SMILES string of the molecule is COCC1(CNS(=O)(=O)c2ccc(Cl)c(C#N)c2)CCNCC1.Cl. The molecule has 0 atom stereocenters. The number of nitrogens with one attached hydrogen (secondary N) is 2. The highest BCUT2D eigenvalue weighted by atomic mass is 35.5. The molecule has 0 amide bonds. The second-order valence-corrected chi connectivity index (χ2v) is 7.94. The summed E-state index contributed by atoms with van der Waals surface area (Å²) < 4.78 is 32.9. The Kier molecular flexibility index (Phi) is 7.93. The molecule has 1 aliphatic heterocycles. The lowest BCUT2D eigenvalue weighted by atomic mass is 9.80. The summed E-state index contributed by atoms with van der Waals surface area (Å²) in [5, 5.41) is 12.5. The number of halogens is 2. The van der Waals surface area contributed by atoms with Crippen LogP contribution in [0.5, 0.6) is 0 Å².